The normalized spacial score (nSPS) is 12.2. The van der Waals surface area contributed by atoms with Crippen LogP contribution in [0.15, 0.2) is 12.5 Å². The Balaban J connectivity index is 3.05. The average molecular weight is 181 g/mol. The molecule has 1 rings (SSSR count). The standard InChI is InChI=1S/C8H11N3O2/c1-5(8(12)13)7-6(9-2)3-10-4-11-7/h3-5,9H,1-2H3,(H,12,13). The van der Waals surface area contributed by atoms with Gasteiger partial charge in [0.2, 0.25) is 0 Å². The molecule has 0 radical (unpaired) electrons. The van der Waals surface area contributed by atoms with Crippen molar-refractivity contribution in [2.75, 3.05) is 12.4 Å². The number of hydrogen-bond donors (Lipinski definition) is 2. The van der Waals surface area contributed by atoms with Crippen LogP contribution in [0.5, 0.6) is 0 Å². The number of anilines is 1. The molecule has 5 nitrogen and oxygen atoms in total. The summed E-state index contributed by atoms with van der Waals surface area (Å²) in [6, 6.07) is 0. The van der Waals surface area contributed by atoms with Crippen molar-refractivity contribution in [3.63, 3.8) is 0 Å². The van der Waals surface area contributed by atoms with E-state index in [0.717, 1.165) is 0 Å². The highest BCUT2D eigenvalue weighted by Crippen LogP contribution is 2.20. The van der Waals surface area contributed by atoms with Crippen molar-refractivity contribution < 1.29 is 9.90 Å². The summed E-state index contributed by atoms with van der Waals surface area (Å²) >= 11 is 0. The monoisotopic (exact) mass is 181 g/mol. The van der Waals surface area contributed by atoms with E-state index >= 15 is 0 Å². The first-order chi connectivity index (χ1) is 6.16. The zero-order valence-electron chi connectivity index (χ0n) is 7.48. The number of carbonyl (C=O) groups is 1. The third-order valence-corrected chi connectivity index (χ3v) is 1.79. The SMILES string of the molecule is CNc1cncnc1C(C)C(=O)O. The summed E-state index contributed by atoms with van der Waals surface area (Å²) in [4.78, 5) is 18.4. The topological polar surface area (TPSA) is 75.1 Å². The summed E-state index contributed by atoms with van der Waals surface area (Å²) in [6.07, 6.45) is 2.90. The van der Waals surface area contributed by atoms with Crippen molar-refractivity contribution in [3.05, 3.63) is 18.2 Å². The van der Waals surface area contributed by atoms with Gasteiger partial charge in [-0.25, -0.2) is 9.97 Å². The number of aromatic nitrogens is 2. The van der Waals surface area contributed by atoms with E-state index < -0.39 is 11.9 Å². The Kier molecular flexibility index (Phi) is 2.79. The van der Waals surface area contributed by atoms with Gasteiger partial charge in [0.25, 0.3) is 0 Å². The zero-order chi connectivity index (χ0) is 9.84. The van der Waals surface area contributed by atoms with Gasteiger partial charge in [-0.05, 0) is 6.92 Å². The molecule has 0 spiro atoms. The molecule has 0 aliphatic heterocycles. The van der Waals surface area contributed by atoms with Gasteiger partial charge in [0.05, 0.1) is 23.5 Å². The van der Waals surface area contributed by atoms with Crippen molar-refractivity contribution in [2.45, 2.75) is 12.8 Å². The molecular formula is C8H11N3O2. The summed E-state index contributed by atoms with van der Waals surface area (Å²) in [5.41, 5.74) is 1.16. The van der Waals surface area contributed by atoms with E-state index in [0.29, 0.717) is 11.4 Å². The molecule has 0 saturated heterocycles. The second-order valence-electron chi connectivity index (χ2n) is 2.63. The van der Waals surface area contributed by atoms with Gasteiger partial charge < -0.3 is 10.4 Å². The van der Waals surface area contributed by atoms with E-state index in [2.05, 4.69) is 15.3 Å². The van der Waals surface area contributed by atoms with E-state index in [1.54, 1.807) is 20.2 Å². The minimum atomic E-state index is -0.893. The first kappa shape index (κ1) is 9.44. The highest BCUT2D eigenvalue weighted by molar-refractivity contribution is 5.77. The summed E-state index contributed by atoms with van der Waals surface area (Å²) < 4.78 is 0. The summed E-state index contributed by atoms with van der Waals surface area (Å²) in [5.74, 6) is -1.51. The van der Waals surface area contributed by atoms with Crippen LogP contribution in [0.1, 0.15) is 18.5 Å². The summed E-state index contributed by atoms with van der Waals surface area (Å²) in [6.45, 7) is 1.59. The Hall–Kier alpha value is -1.65. The second kappa shape index (κ2) is 3.84. The van der Waals surface area contributed by atoms with Gasteiger partial charge in [-0.3, -0.25) is 4.79 Å². The molecule has 0 aliphatic carbocycles. The second-order valence-corrected chi connectivity index (χ2v) is 2.63. The third kappa shape index (κ3) is 1.93. The van der Waals surface area contributed by atoms with Gasteiger partial charge in [-0.15, -0.1) is 0 Å². The van der Waals surface area contributed by atoms with Gasteiger partial charge in [-0.1, -0.05) is 0 Å². The molecule has 0 bridgehead atoms. The number of hydrogen-bond acceptors (Lipinski definition) is 4. The first-order valence-corrected chi connectivity index (χ1v) is 3.87. The van der Waals surface area contributed by atoms with E-state index in [1.165, 1.54) is 6.33 Å². The number of rotatable bonds is 3. The Labute approximate surface area is 75.8 Å². The van der Waals surface area contributed by atoms with Crippen molar-refractivity contribution in [3.8, 4) is 0 Å². The predicted molar refractivity (Wildman–Crippen MR) is 47.6 cm³/mol. The lowest BCUT2D eigenvalue weighted by molar-refractivity contribution is -0.138. The van der Waals surface area contributed by atoms with Crippen molar-refractivity contribution in [2.24, 2.45) is 0 Å². The minimum absolute atomic E-state index is 0.505. The minimum Gasteiger partial charge on any atom is -0.481 e. The first-order valence-electron chi connectivity index (χ1n) is 3.87. The zero-order valence-corrected chi connectivity index (χ0v) is 7.48. The van der Waals surface area contributed by atoms with Crippen LogP contribution in [-0.4, -0.2) is 28.1 Å². The summed E-state index contributed by atoms with van der Waals surface area (Å²) in [7, 11) is 1.71. The Morgan fingerprint density at radius 2 is 2.38 bits per heavy atom. The van der Waals surface area contributed by atoms with Gasteiger partial charge >= 0.3 is 5.97 Å². The van der Waals surface area contributed by atoms with Crippen molar-refractivity contribution in [1.82, 2.24) is 9.97 Å². The number of carboxylic acids is 1. The van der Waals surface area contributed by atoms with Gasteiger partial charge in [-0.2, -0.15) is 0 Å². The Bertz CT molecular complexity index is 314. The lowest BCUT2D eigenvalue weighted by atomic mass is 10.1. The average Bonchev–Trinajstić information content (AvgIpc) is 2.16. The molecule has 1 heterocycles. The summed E-state index contributed by atoms with van der Waals surface area (Å²) in [5, 5.41) is 11.6. The van der Waals surface area contributed by atoms with Crippen molar-refractivity contribution >= 4 is 11.7 Å². The van der Waals surface area contributed by atoms with Crippen LogP contribution in [0.25, 0.3) is 0 Å². The molecule has 0 fully saturated rings. The highest BCUT2D eigenvalue weighted by atomic mass is 16.4. The molecule has 0 amide bonds. The molecule has 0 aromatic carbocycles. The largest absolute Gasteiger partial charge is 0.481 e. The smallest absolute Gasteiger partial charge is 0.312 e. The highest BCUT2D eigenvalue weighted by Gasteiger charge is 2.18. The van der Waals surface area contributed by atoms with E-state index in [-0.39, 0.29) is 0 Å². The quantitative estimate of drug-likeness (QED) is 0.718. The van der Waals surface area contributed by atoms with Crippen LogP contribution in [0.3, 0.4) is 0 Å². The molecule has 2 N–H and O–H groups in total. The lowest BCUT2D eigenvalue weighted by Gasteiger charge is -2.09. The van der Waals surface area contributed by atoms with Crippen LogP contribution >= 0.6 is 0 Å². The molecule has 1 aromatic heterocycles. The van der Waals surface area contributed by atoms with Gasteiger partial charge in [0.1, 0.15) is 6.33 Å². The fourth-order valence-electron chi connectivity index (χ4n) is 0.994. The fraction of sp³-hybridized carbons (Fsp3) is 0.375. The maximum atomic E-state index is 10.7. The van der Waals surface area contributed by atoms with Gasteiger partial charge in [0, 0.05) is 7.05 Å². The Morgan fingerprint density at radius 3 is 2.92 bits per heavy atom. The van der Waals surface area contributed by atoms with E-state index in [9.17, 15) is 4.79 Å². The van der Waals surface area contributed by atoms with Crippen LogP contribution < -0.4 is 5.32 Å². The molecule has 0 saturated carbocycles. The van der Waals surface area contributed by atoms with E-state index in [1.807, 2.05) is 0 Å². The number of nitrogens with one attached hydrogen (secondary N) is 1. The maximum Gasteiger partial charge on any atom is 0.312 e. The van der Waals surface area contributed by atoms with Crippen LogP contribution in [0, 0.1) is 0 Å². The number of carboxylic acid groups (broad SMARTS) is 1. The maximum absolute atomic E-state index is 10.7. The molecule has 0 aliphatic rings. The molecule has 1 atom stereocenters. The molecule has 13 heavy (non-hydrogen) atoms. The molecule has 1 aromatic rings. The number of nitrogens with zero attached hydrogens (tertiary/aromatic N) is 2. The predicted octanol–water partition coefficient (Wildman–Crippen LogP) is 0.706. The third-order valence-electron chi connectivity index (χ3n) is 1.79. The lowest BCUT2D eigenvalue weighted by Crippen LogP contribution is -2.11. The molecular weight excluding hydrogens is 170 g/mol. The van der Waals surface area contributed by atoms with Crippen LogP contribution in [-0.2, 0) is 4.79 Å². The van der Waals surface area contributed by atoms with Gasteiger partial charge in [0.15, 0.2) is 0 Å². The van der Waals surface area contributed by atoms with E-state index in [4.69, 9.17) is 5.11 Å². The molecule has 1 unspecified atom stereocenters. The van der Waals surface area contributed by atoms with Crippen LogP contribution in [0.2, 0.25) is 0 Å². The Morgan fingerprint density at radius 1 is 1.69 bits per heavy atom. The number of aliphatic carboxylic acids is 1. The molecule has 5 heteroatoms. The van der Waals surface area contributed by atoms with Crippen LogP contribution in [0.4, 0.5) is 5.69 Å². The molecule has 70 valence electrons. The fourth-order valence-corrected chi connectivity index (χ4v) is 0.994. The van der Waals surface area contributed by atoms with Crippen molar-refractivity contribution in [1.29, 1.82) is 0 Å².